The van der Waals surface area contributed by atoms with E-state index in [1.54, 1.807) is 11.8 Å². The zero-order valence-electron chi connectivity index (χ0n) is 7.41. The molecular weight excluding hydrogens is 174 g/mol. The zero-order valence-corrected chi connectivity index (χ0v) is 8.23. The standard InChI is InChI=1S/C8H15NO2S/c1-5(2)3-7-9-6(4-12-7)8(10)11/h5-7,9H,3-4H2,1-2H3,(H,10,11)/t6-,7-/m1/s1. The third kappa shape index (κ3) is 2.68. The largest absolute Gasteiger partial charge is 0.480 e. The number of thioether (sulfide) groups is 1. The van der Waals surface area contributed by atoms with Gasteiger partial charge in [-0.1, -0.05) is 13.8 Å². The van der Waals surface area contributed by atoms with Crippen LogP contribution in [0.4, 0.5) is 0 Å². The minimum Gasteiger partial charge on any atom is -0.480 e. The van der Waals surface area contributed by atoms with Gasteiger partial charge in [0.15, 0.2) is 0 Å². The van der Waals surface area contributed by atoms with Crippen LogP contribution in [0, 0.1) is 5.92 Å². The summed E-state index contributed by atoms with van der Waals surface area (Å²) in [7, 11) is 0. The molecule has 1 aliphatic rings. The van der Waals surface area contributed by atoms with Crippen molar-refractivity contribution in [3.05, 3.63) is 0 Å². The molecule has 0 aliphatic carbocycles. The third-order valence-electron chi connectivity index (χ3n) is 1.83. The van der Waals surface area contributed by atoms with Gasteiger partial charge in [-0.2, -0.15) is 0 Å². The number of rotatable bonds is 3. The maximum absolute atomic E-state index is 10.6. The second-order valence-corrected chi connectivity index (χ2v) is 4.74. The molecule has 0 aromatic rings. The fraction of sp³-hybridized carbons (Fsp3) is 0.875. The first kappa shape index (κ1) is 9.86. The van der Waals surface area contributed by atoms with Crippen LogP contribution in [0.25, 0.3) is 0 Å². The molecule has 0 amide bonds. The minimum absolute atomic E-state index is 0.334. The molecule has 1 heterocycles. The lowest BCUT2D eigenvalue weighted by molar-refractivity contribution is -0.138. The van der Waals surface area contributed by atoms with Crippen molar-refractivity contribution in [2.24, 2.45) is 5.92 Å². The highest BCUT2D eigenvalue weighted by Gasteiger charge is 2.29. The van der Waals surface area contributed by atoms with Crippen LogP contribution in [0.1, 0.15) is 20.3 Å². The summed E-state index contributed by atoms with van der Waals surface area (Å²) in [6.45, 7) is 4.30. The van der Waals surface area contributed by atoms with Crippen molar-refractivity contribution in [3.8, 4) is 0 Å². The van der Waals surface area contributed by atoms with E-state index in [2.05, 4.69) is 19.2 Å². The number of hydrogen-bond acceptors (Lipinski definition) is 3. The molecule has 0 aromatic carbocycles. The van der Waals surface area contributed by atoms with Crippen molar-refractivity contribution in [3.63, 3.8) is 0 Å². The summed E-state index contributed by atoms with van der Waals surface area (Å²) >= 11 is 1.72. The van der Waals surface area contributed by atoms with E-state index in [-0.39, 0.29) is 6.04 Å². The first-order valence-corrected chi connectivity index (χ1v) is 5.25. The van der Waals surface area contributed by atoms with E-state index in [0.29, 0.717) is 17.0 Å². The van der Waals surface area contributed by atoms with Crippen molar-refractivity contribution in [1.82, 2.24) is 5.32 Å². The topological polar surface area (TPSA) is 49.3 Å². The maximum atomic E-state index is 10.6. The molecular formula is C8H15NO2S. The van der Waals surface area contributed by atoms with Crippen LogP contribution in [0.3, 0.4) is 0 Å². The predicted octanol–water partition coefficient (Wildman–Crippen LogP) is 1.15. The van der Waals surface area contributed by atoms with Crippen LogP contribution in [-0.4, -0.2) is 28.2 Å². The Morgan fingerprint density at radius 2 is 2.42 bits per heavy atom. The fourth-order valence-electron chi connectivity index (χ4n) is 1.24. The summed E-state index contributed by atoms with van der Waals surface area (Å²) in [6, 6.07) is -0.334. The third-order valence-corrected chi connectivity index (χ3v) is 3.09. The number of hydrogen-bond donors (Lipinski definition) is 2. The quantitative estimate of drug-likeness (QED) is 0.699. The van der Waals surface area contributed by atoms with Gasteiger partial charge in [-0.15, -0.1) is 11.8 Å². The molecule has 2 N–H and O–H groups in total. The highest BCUT2D eigenvalue weighted by molar-refractivity contribution is 8.00. The molecule has 70 valence electrons. The number of carbonyl (C=O) groups is 1. The van der Waals surface area contributed by atoms with Gasteiger partial charge >= 0.3 is 5.97 Å². The molecule has 0 radical (unpaired) electrons. The van der Waals surface area contributed by atoms with Crippen molar-refractivity contribution in [2.45, 2.75) is 31.7 Å². The van der Waals surface area contributed by atoms with Gasteiger partial charge in [-0.25, -0.2) is 0 Å². The lowest BCUT2D eigenvalue weighted by Crippen LogP contribution is -2.36. The highest BCUT2D eigenvalue weighted by Crippen LogP contribution is 2.24. The van der Waals surface area contributed by atoms with E-state index in [1.807, 2.05) is 0 Å². The Kier molecular flexibility index (Phi) is 3.40. The molecule has 3 nitrogen and oxygen atoms in total. The van der Waals surface area contributed by atoms with E-state index in [0.717, 1.165) is 6.42 Å². The average molecular weight is 189 g/mol. The van der Waals surface area contributed by atoms with E-state index in [4.69, 9.17) is 5.11 Å². The molecule has 1 saturated heterocycles. The van der Waals surface area contributed by atoms with E-state index in [1.165, 1.54) is 0 Å². The fourth-order valence-corrected chi connectivity index (χ4v) is 2.68. The number of carboxylic acids is 1. The van der Waals surface area contributed by atoms with Gasteiger partial charge in [0.05, 0.1) is 5.37 Å². The number of aliphatic carboxylic acids is 1. The van der Waals surface area contributed by atoms with Crippen LogP contribution in [0.2, 0.25) is 0 Å². The lowest BCUT2D eigenvalue weighted by Gasteiger charge is -2.12. The first-order chi connectivity index (χ1) is 5.59. The highest BCUT2D eigenvalue weighted by atomic mass is 32.2. The molecule has 0 aromatic heterocycles. The molecule has 1 aliphatic heterocycles. The smallest absolute Gasteiger partial charge is 0.321 e. The molecule has 1 rings (SSSR count). The summed E-state index contributed by atoms with van der Waals surface area (Å²) in [4.78, 5) is 10.6. The maximum Gasteiger partial charge on any atom is 0.321 e. The first-order valence-electron chi connectivity index (χ1n) is 4.20. The Hall–Kier alpha value is -0.220. The normalized spacial score (nSPS) is 29.6. The summed E-state index contributed by atoms with van der Waals surface area (Å²) in [6.07, 6.45) is 1.05. The molecule has 0 saturated carbocycles. The summed E-state index contributed by atoms with van der Waals surface area (Å²) in [5.41, 5.74) is 0. The van der Waals surface area contributed by atoms with E-state index in [9.17, 15) is 4.79 Å². The molecule has 1 fully saturated rings. The minimum atomic E-state index is -0.728. The molecule has 2 atom stereocenters. The van der Waals surface area contributed by atoms with Crippen molar-refractivity contribution in [1.29, 1.82) is 0 Å². The molecule has 0 bridgehead atoms. The van der Waals surface area contributed by atoms with Crippen LogP contribution in [0.15, 0.2) is 0 Å². The van der Waals surface area contributed by atoms with Crippen LogP contribution in [-0.2, 0) is 4.79 Å². The second-order valence-electron chi connectivity index (χ2n) is 3.51. The number of nitrogens with one attached hydrogen (secondary N) is 1. The van der Waals surface area contributed by atoms with Crippen LogP contribution >= 0.6 is 11.8 Å². The van der Waals surface area contributed by atoms with Crippen molar-refractivity contribution < 1.29 is 9.90 Å². The van der Waals surface area contributed by atoms with Gasteiger partial charge in [0.25, 0.3) is 0 Å². The van der Waals surface area contributed by atoms with Gasteiger partial charge in [0.2, 0.25) is 0 Å². The lowest BCUT2D eigenvalue weighted by atomic mass is 10.1. The van der Waals surface area contributed by atoms with E-state index < -0.39 is 5.97 Å². The molecule has 12 heavy (non-hydrogen) atoms. The monoisotopic (exact) mass is 189 g/mol. The zero-order chi connectivity index (χ0) is 9.14. The number of carboxylic acid groups (broad SMARTS) is 1. The Labute approximate surface area is 76.9 Å². The van der Waals surface area contributed by atoms with Gasteiger partial charge in [0.1, 0.15) is 6.04 Å². The molecule has 0 unspecified atom stereocenters. The molecule has 0 spiro atoms. The van der Waals surface area contributed by atoms with Crippen LogP contribution < -0.4 is 5.32 Å². The SMILES string of the molecule is CC(C)C[C@@H]1N[C@@H](C(=O)O)CS1. The average Bonchev–Trinajstić information content (AvgIpc) is 2.34. The van der Waals surface area contributed by atoms with Gasteiger partial charge in [-0.3, -0.25) is 10.1 Å². The summed E-state index contributed by atoms with van der Waals surface area (Å²) in [5.74, 6) is 0.600. The van der Waals surface area contributed by atoms with Gasteiger partial charge in [0, 0.05) is 5.75 Å². The van der Waals surface area contributed by atoms with Crippen molar-refractivity contribution in [2.75, 3.05) is 5.75 Å². The van der Waals surface area contributed by atoms with Crippen molar-refractivity contribution >= 4 is 17.7 Å². The molecule has 4 heteroatoms. The predicted molar refractivity (Wildman–Crippen MR) is 50.3 cm³/mol. The van der Waals surface area contributed by atoms with Gasteiger partial charge in [-0.05, 0) is 12.3 Å². The Bertz CT molecular complexity index is 172. The second kappa shape index (κ2) is 4.14. The van der Waals surface area contributed by atoms with Crippen LogP contribution in [0.5, 0.6) is 0 Å². The Morgan fingerprint density at radius 1 is 1.75 bits per heavy atom. The summed E-state index contributed by atoms with van der Waals surface area (Å²) in [5, 5.41) is 12.1. The van der Waals surface area contributed by atoms with Gasteiger partial charge < -0.3 is 5.11 Å². The Morgan fingerprint density at radius 3 is 2.83 bits per heavy atom. The summed E-state index contributed by atoms with van der Waals surface area (Å²) < 4.78 is 0. The van der Waals surface area contributed by atoms with E-state index >= 15 is 0 Å². The Balaban J connectivity index is 2.30.